The Kier molecular flexibility index (Phi) is 6.62. The second kappa shape index (κ2) is 9.62. The van der Waals surface area contributed by atoms with Crippen LogP contribution in [0, 0.1) is 23.7 Å². The molecule has 0 saturated carbocycles. The number of benzene rings is 1. The molecule has 0 unspecified atom stereocenters. The molecule has 2 aliphatic heterocycles. The average Bonchev–Trinajstić information content (AvgIpc) is 3.63. The van der Waals surface area contributed by atoms with Crippen molar-refractivity contribution in [3.63, 3.8) is 0 Å². The summed E-state index contributed by atoms with van der Waals surface area (Å²) in [4.78, 5) is 16.6. The Morgan fingerprint density at radius 1 is 1.24 bits per heavy atom. The summed E-state index contributed by atoms with van der Waals surface area (Å²) in [7, 11) is 1.69. The van der Waals surface area contributed by atoms with E-state index in [4.69, 9.17) is 0 Å². The molecule has 2 aliphatic rings. The van der Waals surface area contributed by atoms with Gasteiger partial charge in [0.15, 0.2) is 0 Å². The number of aliphatic imine (C=N–C) groups is 2. The number of fused-ring (bicyclic) bond motifs is 1. The van der Waals surface area contributed by atoms with Crippen LogP contribution in [0.3, 0.4) is 0 Å². The molecule has 2 aromatic heterocycles. The molecule has 2 saturated heterocycles. The highest BCUT2D eigenvalue weighted by Crippen LogP contribution is 2.42. The van der Waals surface area contributed by atoms with Crippen LogP contribution in [-0.4, -0.2) is 66.7 Å². The normalized spacial score (nSPS) is 20.9. The highest BCUT2D eigenvalue weighted by atomic mass is 32.1. The molecule has 6 nitrogen and oxygen atoms in total. The lowest BCUT2D eigenvalue weighted by Gasteiger charge is -2.26. The summed E-state index contributed by atoms with van der Waals surface area (Å²) >= 11 is 1.03. The summed E-state index contributed by atoms with van der Waals surface area (Å²) in [6, 6.07) is 9.86. The number of amidine groups is 1. The summed E-state index contributed by atoms with van der Waals surface area (Å²) in [6.45, 7) is 10.1. The van der Waals surface area contributed by atoms with Gasteiger partial charge in [0.2, 0.25) is 0 Å². The molecule has 0 bridgehead atoms. The predicted octanol–water partition coefficient (Wildman–Crippen LogP) is 5.82. The lowest BCUT2D eigenvalue weighted by molar-refractivity contribution is -0.126. The zero-order valence-corrected chi connectivity index (χ0v) is 21.8. The molecule has 5 rings (SSSR count). The third-order valence-electron chi connectivity index (χ3n) is 7.69. The van der Waals surface area contributed by atoms with E-state index in [2.05, 4.69) is 50.5 Å². The molecule has 0 radical (unpaired) electrons. The number of alkyl halides is 3. The minimum absolute atomic E-state index is 0.128. The number of nitrogens with zero attached hydrogens (tertiary/aromatic N) is 5. The van der Waals surface area contributed by atoms with E-state index < -0.39 is 12.6 Å². The third kappa shape index (κ3) is 5.03. The fourth-order valence-electron chi connectivity index (χ4n) is 5.90. The third-order valence-corrected chi connectivity index (χ3v) is 8.76. The van der Waals surface area contributed by atoms with Gasteiger partial charge in [0, 0.05) is 54.4 Å². The summed E-state index contributed by atoms with van der Waals surface area (Å²) in [5, 5.41) is 10.8. The Morgan fingerprint density at radius 2 is 2.03 bits per heavy atom. The van der Waals surface area contributed by atoms with Crippen molar-refractivity contribution in [2.45, 2.75) is 38.9 Å². The van der Waals surface area contributed by atoms with Crippen molar-refractivity contribution in [1.29, 1.82) is 5.26 Å². The SMILES string of the molecule is C=Nc1sc(CC(F)(F)F)cc1C(=NC)N1CC[C@]2(CCN(Cc3ccc4[nH]c(C#N)cc4c3C)C2)C1. The van der Waals surface area contributed by atoms with Gasteiger partial charge in [-0.3, -0.25) is 14.9 Å². The lowest BCUT2D eigenvalue weighted by atomic mass is 9.86. The Bertz CT molecular complexity index is 1410. The van der Waals surface area contributed by atoms with Crippen LogP contribution in [-0.2, 0) is 13.0 Å². The topological polar surface area (TPSA) is 70.8 Å². The van der Waals surface area contributed by atoms with Crippen LogP contribution in [0.5, 0.6) is 0 Å². The van der Waals surface area contributed by atoms with E-state index in [1.807, 2.05) is 12.1 Å². The van der Waals surface area contributed by atoms with Crippen LogP contribution in [0.2, 0.25) is 0 Å². The second-order valence-corrected chi connectivity index (χ2v) is 11.3. The average molecular weight is 527 g/mol. The number of hydrogen-bond acceptors (Lipinski definition) is 5. The van der Waals surface area contributed by atoms with E-state index in [9.17, 15) is 18.4 Å². The van der Waals surface area contributed by atoms with Crippen molar-refractivity contribution in [2.24, 2.45) is 15.4 Å². The highest BCUT2D eigenvalue weighted by molar-refractivity contribution is 7.16. The maximum absolute atomic E-state index is 13.0. The number of nitriles is 1. The van der Waals surface area contributed by atoms with Gasteiger partial charge in [-0.05, 0) is 62.4 Å². The van der Waals surface area contributed by atoms with Crippen molar-refractivity contribution in [3.05, 3.63) is 51.5 Å². The lowest BCUT2D eigenvalue weighted by Crippen LogP contribution is -2.34. The van der Waals surface area contributed by atoms with E-state index in [1.165, 1.54) is 11.1 Å². The fraction of sp³-hybridized carbons (Fsp3) is 0.444. The van der Waals surface area contributed by atoms with Gasteiger partial charge < -0.3 is 9.88 Å². The zero-order chi connectivity index (χ0) is 26.4. The van der Waals surface area contributed by atoms with Gasteiger partial charge in [-0.2, -0.15) is 18.4 Å². The first-order valence-electron chi connectivity index (χ1n) is 12.3. The highest BCUT2D eigenvalue weighted by Gasteiger charge is 2.44. The van der Waals surface area contributed by atoms with Crippen molar-refractivity contribution < 1.29 is 13.2 Å². The first kappa shape index (κ1) is 25.5. The van der Waals surface area contributed by atoms with Gasteiger partial charge in [0.05, 0.1) is 12.0 Å². The van der Waals surface area contributed by atoms with Gasteiger partial charge in [0.25, 0.3) is 0 Å². The fourth-order valence-corrected chi connectivity index (χ4v) is 6.89. The van der Waals surface area contributed by atoms with Crippen LogP contribution in [0.15, 0.2) is 34.3 Å². The monoisotopic (exact) mass is 526 g/mol. The molecule has 1 N–H and O–H groups in total. The van der Waals surface area contributed by atoms with Crippen molar-refractivity contribution in [2.75, 3.05) is 33.2 Å². The van der Waals surface area contributed by atoms with Gasteiger partial charge in [-0.25, -0.2) is 0 Å². The molecule has 37 heavy (non-hydrogen) atoms. The Balaban J connectivity index is 1.29. The van der Waals surface area contributed by atoms with E-state index in [0.717, 1.165) is 67.8 Å². The largest absolute Gasteiger partial charge is 0.393 e. The molecule has 0 aliphatic carbocycles. The number of likely N-dealkylation sites (tertiary alicyclic amines) is 2. The number of aromatic amines is 1. The van der Waals surface area contributed by atoms with Gasteiger partial charge in [0.1, 0.15) is 22.6 Å². The molecular weight excluding hydrogens is 497 g/mol. The number of thiophene rings is 1. The standard InChI is InChI=1S/C27H29F3N6S/c1-17-18(4-5-23-21(17)10-19(13-31)34-23)14-35-8-6-26(15-35)7-9-36(16-26)24(32-2)22-11-20(12-27(28,29)30)37-25(22)33-3/h4-5,10-11,34H,3,6-9,12,14-16H2,1-2H3/t26-/m0/s1. The van der Waals surface area contributed by atoms with Gasteiger partial charge in [-0.1, -0.05) is 6.07 Å². The second-order valence-electron chi connectivity index (χ2n) is 10.2. The molecule has 2 fully saturated rings. The van der Waals surface area contributed by atoms with E-state index >= 15 is 0 Å². The number of nitrogens with one attached hydrogen (secondary N) is 1. The predicted molar refractivity (Wildman–Crippen MR) is 142 cm³/mol. The molecule has 1 spiro atoms. The molecule has 0 amide bonds. The van der Waals surface area contributed by atoms with Crippen LogP contribution in [0.25, 0.3) is 10.9 Å². The first-order valence-corrected chi connectivity index (χ1v) is 13.1. The summed E-state index contributed by atoms with van der Waals surface area (Å²) < 4.78 is 38.9. The molecule has 1 aromatic carbocycles. The summed E-state index contributed by atoms with van der Waals surface area (Å²) in [5.74, 6) is 0.699. The van der Waals surface area contributed by atoms with Crippen LogP contribution in [0.1, 0.15) is 40.1 Å². The number of rotatable bonds is 5. The smallest absolute Gasteiger partial charge is 0.356 e. The number of aromatic nitrogens is 1. The number of hydrogen-bond donors (Lipinski definition) is 1. The maximum Gasteiger partial charge on any atom is 0.393 e. The number of H-pyrrole nitrogens is 1. The van der Waals surface area contributed by atoms with Crippen molar-refractivity contribution in [1.82, 2.24) is 14.8 Å². The molecule has 4 heterocycles. The minimum Gasteiger partial charge on any atom is -0.356 e. The quantitative estimate of drug-likeness (QED) is 0.336. The zero-order valence-electron chi connectivity index (χ0n) is 21.0. The van der Waals surface area contributed by atoms with E-state index in [1.54, 1.807) is 13.1 Å². The Hall–Kier alpha value is -3.16. The van der Waals surface area contributed by atoms with Gasteiger partial charge in [-0.15, -0.1) is 11.3 Å². The van der Waals surface area contributed by atoms with Crippen LogP contribution < -0.4 is 0 Å². The van der Waals surface area contributed by atoms with Crippen molar-refractivity contribution >= 4 is 39.8 Å². The molecule has 1 atom stereocenters. The summed E-state index contributed by atoms with van der Waals surface area (Å²) in [5.41, 5.74) is 4.77. The first-order chi connectivity index (χ1) is 17.6. The van der Waals surface area contributed by atoms with Crippen LogP contribution >= 0.6 is 11.3 Å². The van der Waals surface area contributed by atoms with Crippen molar-refractivity contribution in [3.8, 4) is 6.07 Å². The molecule has 194 valence electrons. The number of aryl methyl sites for hydroxylation is 1. The maximum atomic E-state index is 13.0. The molecule has 10 heteroatoms. The molecular formula is C27H29F3N6S. The molecule has 3 aromatic rings. The summed E-state index contributed by atoms with van der Waals surface area (Å²) in [6.07, 6.45) is -3.15. The Morgan fingerprint density at radius 3 is 2.73 bits per heavy atom. The van der Waals surface area contributed by atoms with Gasteiger partial charge >= 0.3 is 6.18 Å². The Labute approximate surface area is 218 Å². The van der Waals surface area contributed by atoms with E-state index in [0.29, 0.717) is 22.1 Å². The van der Waals surface area contributed by atoms with E-state index in [-0.39, 0.29) is 10.3 Å². The van der Waals surface area contributed by atoms with Crippen LogP contribution in [0.4, 0.5) is 18.2 Å². The minimum atomic E-state index is -4.27. The number of halogens is 3.